The molecule has 0 spiro atoms. The van der Waals surface area contributed by atoms with Crippen molar-refractivity contribution in [3.63, 3.8) is 0 Å². The normalized spacial score (nSPS) is 12.9. The predicted molar refractivity (Wildman–Crippen MR) is 87.3 cm³/mol. The molecule has 0 saturated carbocycles. The Morgan fingerprint density at radius 1 is 1.43 bits per heavy atom. The van der Waals surface area contributed by atoms with Crippen molar-refractivity contribution in [1.82, 2.24) is 5.48 Å². The van der Waals surface area contributed by atoms with E-state index in [9.17, 15) is 4.79 Å². The zero-order valence-electron chi connectivity index (χ0n) is 13.1. The lowest BCUT2D eigenvalue weighted by Gasteiger charge is -2.31. The molecule has 6 heteroatoms. The lowest BCUT2D eigenvalue weighted by atomic mass is 10.2. The van der Waals surface area contributed by atoms with Crippen molar-refractivity contribution in [2.24, 2.45) is 0 Å². The fourth-order valence-corrected chi connectivity index (χ4v) is 2.16. The van der Waals surface area contributed by atoms with Gasteiger partial charge in [0.1, 0.15) is 5.60 Å². The lowest BCUT2D eigenvalue weighted by Crippen LogP contribution is -2.46. The summed E-state index contributed by atoms with van der Waals surface area (Å²) in [6, 6.07) is 7.42. The number of amides is 1. The van der Waals surface area contributed by atoms with Gasteiger partial charge in [-0.15, -0.1) is 0 Å². The summed E-state index contributed by atoms with van der Waals surface area (Å²) in [4.78, 5) is 19.0. The monoisotopic (exact) mass is 358 g/mol. The number of nitrogens with zero attached hydrogens (tertiary/aromatic N) is 1. The number of carbonyl (C=O) groups is 1. The average molecular weight is 359 g/mol. The highest BCUT2D eigenvalue weighted by Crippen LogP contribution is 2.24. The fourth-order valence-electron chi connectivity index (χ4n) is 1.77. The molecule has 0 aliphatic carbocycles. The Morgan fingerprint density at radius 2 is 2.10 bits per heavy atom. The molecular weight excluding hydrogens is 336 g/mol. The zero-order valence-corrected chi connectivity index (χ0v) is 14.7. The van der Waals surface area contributed by atoms with Crippen LogP contribution >= 0.6 is 15.9 Å². The second-order valence-electron chi connectivity index (χ2n) is 5.73. The van der Waals surface area contributed by atoms with Gasteiger partial charge in [0, 0.05) is 16.7 Å². The van der Waals surface area contributed by atoms with Crippen LogP contribution in [-0.4, -0.2) is 31.4 Å². The van der Waals surface area contributed by atoms with Crippen molar-refractivity contribution in [3.05, 3.63) is 28.7 Å². The SMILES string of the molecule is CONCC(C)N(C(=O)OC(C)(C)C)c1cccc(Br)c1. The summed E-state index contributed by atoms with van der Waals surface area (Å²) in [7, 11) is 1.55. The molecule has 21 heavy (non-hydrogen) atoms. The molecule has 0 radical (unpaired) electrons. The Bertz CT molecular complexity index is 474. The number of carbonyl (C=O) groups excluding carboxylic acids is 1. The first-order valence-corrected chi connectivity index (χ1v) is 7.57. The molecule has 1 aromatic rings. The summed E-state index contributed by atoms with van der Waals surface area (Å²) < 4.78 is 6.40. The van der Waals surface area contributed by atoms with Gasteiger partial charge in [-0.25, -0.2) is 10.3 Å². The number of hydroxylamine groups is 1. The molecule has 1 unspecified atom stereocenters. The second kappa shape index (κ2) is 7.77. The van der Waals surface area contributed by atoms with Crippen LogP contribution in [0.5, 0.6) is 0 Å². The largest absolute Gasteiger partial charge is 0.443 e. The van der Waals surface area contributed by atoms with E-state index in [2.05, 4.69) is 21.4 Å². The van der Waals surface area contributed by atoms with Crippen molar-refractivity contribution < 1.29 is 14.4 Å². The van der Waals surface area contributed by atoms with Crippen LogP contribution in [0.25, 0.3) is 0 Å². The molecule has 1 aromatic carbocycles. The maximum Gasteiger partial charge on any atom is 0.415 e. The third kappa shape index (κ3) is 6.03. The van der Waals surface area contributed by atoms with Crippen LogP contribution in [0.4, 0.5) is 10.5 Å². The molecule has 5 nitrogen and oxygen atoms in total. The minimum atomic E-state index is -0.546. The molecule has 1 atom stereocenters. The Balaban J connectivity index is 3.02. The van der Waals surface area contributed by atoms with Gasteiger partial charge in [-0.1, -0.05) is 22.0 Å². The van der Waals surface area contributed by atoms with E-state index in [1.165, 1.54) is 0 Å². The molecule has 0 aliphatic heterocycles. The van der Waals surface area contributed by atoms with E-state index in [0.717, 1.165) is 10.2 Å². The van der Waals surface area contributed by atoms with Crippen molar-refractivity contribution in [1.29, 1.82) is 0 Å². The van der Waals surface area contributed by atoms with E-state index in [0.29, 0.717) is 6.54 Å². The summed E-state index contributed by atoms with van der Waals surface area (Å²) in [5.41, 5.74) is 2.99. The number of ether oxygens (including phenoxy) is 1. The summed E-state index contributed by atoms with van der Waals surface area (Å²) in [5, 5.41) is 0. The van der Waals surface area contributed by atoms with Gasteiger partial charge >= 0.3 is 6.09 Å². The summed E-state index contributed by atoms with van der Waals surface area (Å²) in [6.45, 7) is 7.96. The Hall–Kier alpha value is -1.11. The smallest absolute Gasteiger partial charge is 0.415 e. The Kier molecular flexibility index (Phi) is 6.64. The number of anilines is 1. The number of nitrogens with one attached hydrogen (secondary N) is 1. The number of rotatable bonds is 5. The van der Waals surface area contributed by atoms with E-state index >= 15 is 0 Å². The molecule has 0 aromatic heterocycles. The number of hydrogen-bond acceptors (Lipinski definition) is 4. The van der Waals surface area contributed by atoms with Crippen LogP contribution in [-0.2, 0) is 9.57 Å². The third-order valence-corrected chi connectivity index (χ3v) is 3.13. The van der Waals surface area contributed by atoms with Crippen LogP contribution in [0.3, 0.4) is 0 Å². The van der Waals surface area contributed by atoms with Gasteiger partial charge in [0.05, 0.1) is 13.2 Å². The molecule has 1 amide bonds. The standard InChI is InChI=1S/C15H23BrN2O3/c1-11(10-17-20-5)18(14(19)21-15(2,3)4)13-8-6-7-12(16)9-13/h6-9,11,17H,10H2,1-5H3. The summed E-state index contributed by atoms with van der Waals surface area (Å²) >= 11 is 3.42. The maximum absolute atomic E-state index is 12.5. The number of hydrogen-bond donors (Lipinski definition) is 1. The van der Waals surface area contributed by atoms with Crippen LogP contribution < -0.4 is 10.4 Å². The van der Waals surface area contributed by atoms with E-state index in [1.807, 2.05) is 52.0 Å². The summed E-state index contributed by atoms with van der Waals surface area (Å²) in [6.07, 6.45) is -0.383. The van der Waals surface area contributed by atoms with E-state index in [4.69, 9.17) is 9.57 Å². The fraction of sp³-hybridized carbons (Fsp3) is 0.533. The van der Waals surface area contributed by atoms with Crippen molar-refractivity contribution in [2.45, 2.75) is 39.3 Å². The van der Waals surface area contributed by atoms with Gasteiger partial charge in [-0.05, 0) is 45.9 Å². The van der Waals surface area contributed by atoms with Gasteiger partial charge in [-0.2, -0.15) is 0 Å². The first kappa shape index (κ1) is 17.9. The van der Waals surface area contributed by atoms with Crippen molar-refractivity contribution >= 4 is 27.7 Å². The van der Waals surface area contributed by atoms with E-state index in [-0.39, 0.29) is 12.1 Å². The summed E-state index contributed by atoms with van der Waals surface area (Å²) in [5.74, 6) is 0. The molecule has 0 bridgehead atoms. The van der Waals surface area contributed by atoms with Crippen LogP contribution in [0.15, 0.2) is 28.7 Å². The minimum absolute atomic E-state index is 0.130. The number of halogens is 1. The zero-order chi connectivity index (χ0) is 16.0. The maximum atomic E-state index is 12.5. The third-order valence-electron chi connectivity index (χ3n) is 2.64. The average Bonchev–Trinajstić information content (AvgIpc) is 2.34. The lowest BCUT2D eigenvalue weighted by molar-refractivity contribution is 0.0539. The first-order valence-electron chi connectivity index (χ1n) is 6.78. The topological polar surface area (TPSA) is 50.8 Å². The molecule has 118 valence electrons. The van der Waals surface area contributed by atoms with Gasteiger partial charge in [0.15, 0.2) is 0 Å². The van der Waals surface area contributed by atoms with Crippen LogP contribution in [0, 0.1) is 0 Å². The van der Waals surface area contributed by atoms with E-state index in [1.54, 1.807) is 12.0 Å². The van der Waals surface area contributed by atoms with E-state index < -0.39 is 5.60 Å². The predicted octanol–water partition coefficient (Wildman–Crippen LogP) is 3.73. The molecule has 1 N–H and O–H groups in total. The van der Waals surface area contributed by atoms with Gasteiger partial charge in [0.2, 0.25) is 0 Å². The molecule has 1 rings (SSSR count). The quantitative estimate of drug-likeness (QED) is 0.814. The molecule has 0 saturated heterocycles. The highest BCUT2D eigenvalue weighted by atomic mass is 79.9. The Morgan fingerprint density at radius 3 is 2.62 bits per heavy atom. The highest BCUT2D eigenvalue weighted by molar-refractivity contribution is 9.10. The second-order valence-corrected chi connectivity index (χ2v) is 6.65. The molecule has 0 aliphatic rings. The van der Waals surface area contributed by atoms with Gasteiger partial charge < -0.3 is 9.57 Å². The van der Waals surface area contributed by atoms with Crippen molar-refractivity contribution in [3.8, 4) is 0 Å². The van der Waals surface area contributed by atoms with Gasteiger partial charge in [0.25, 0.3) is 0 Å². The van der Waals surface area contributed by atoms with Crippen LogP contribution in [0.2, 0.25) is 0 Å². The molecule has 0 fully saturated rings. The van der Waals surface area contributed by atoms with Crippen LogP contribution in [0.1, 0.15) is 27.7 Å². The first-order chi connectivity index (χ1) is 9.74. The minimum Gasteiger partial charge on any atom is -0.443 e. The van der Waals surface area contributed by atoms with Gasteiger partial charge in [-0.3, -0.25) is 4.90 Å². The number of benzene rings is 1. The molecular formula is C15H23BrN2O3. The van der Waals surface area contributed by atoms with Crippen molar-refractivity contribution in [2.75, 3.05) is 18.6 Å². The highest BCUT2D eigenvalue weighted by Gasteiger charge is 2.27. The Labute approximate surface area is 134 Å². The molecule has 0 heterocycles.